The van der Waals surface area contributed by atoms with Crippen LogP contribution in [0.3, 0.4) is 0 Å². The molecule has 1 aromatic rings. The zero-order chi connectivity index (χ0) is 13.2. The summed E-state index contributed by atoms with van der Waals surface area (Å²) in [7, 11) is 0. The lowest BCUT2D eigenvalue weighted by atomic mass is 10.0. The predicted octanol–water partition coefficient (Wildman–Crippen LogP) is 3.62. The summed E-state index contributed by atoms with van der Waals surface area (Å²) >= 11 is 4.72. The van der Waals surface area contributed by atoms with E-state index in [1.807, 2.05) is 0 Å². The molecule has 0 aliphatic carbocycles. The van der Waals surface area contributed by atoms with Crippen molar-refractivity contribution in [3.63, 3.8) is 0 Å². The highest BCUT2D eigenvalue weighted by Gasteiger charge is 2.39. The Morgan fingerprint density at radius 1 is 1.53 bits per heavy atom. The molecule has 0 aromatic heterocycles. The molecule has 0 amide bonds. The first-order chi connectivity index (χ1) is 7.74. The van der Waals surface area contributed by atoms with Gasteiger partial charge >= 0.3 is 0 Å². The maximum Gasteiger partial charge on any atom is 0.296 e. The summed E-state index contributed by atoms with van der Waals surface area (Å²) in [6.45, 7) is 1.51. The second-order valence-corrected chi connectivity index (χ2v) is 3.99. The number of alkyl halides is 4. The van der Waals surface area contributed by atoms with Gasteiger partial charge in [-0.2, -0.15) is 0 Å². The minimum Gasteiger partial charge on any atom is -0.258 e. The molecule has 0 fully saturated rings. The molecule has 3 nitrogen and oxygen atoms in total. The van der Waals surface area contributed by atoms with Crippen molar-refractivity contribution in [2.75, 3.05) is 0 Å². The van der Waals surface area contributed by atoms with Gasteiger partial charge in [0.1, 0.15) is 0 Å². The van der Waals surface area contributed by atoms with Gasteiger partial charge < -0.3 is 0 Å². The molecular weight excluding hydrogens is 259 g/mol. The van der Waals surface area contributed by atoms with Crippen molar-refractivity contribution >= 4 is 17.3 Å². The van der Waals surface area contributed by atoms with Gasteiger partial charge in [-0.25, -0.2) is 13.2 Å². The molecule has 1 atom stereocenters. The molecule has 1 aromatic carbocycles. The number of aryl methyl sites for hydroxylation is 1. The van der Waals surface area contributed by atoms with E-state index in [9.17, 15) is 23.3 Å². The van der Waals surface area contributed by atoms with Gasteiger partial charge in [-0.1, -0.05) is 17.7 Å². The maximum atomic E-state index is 13.1. The fourth-order valence-electron chi connectivity index (χ4n) is 1.29. The Kier molecular flexibility index (Phi) is 3.98. The lowest BCUT2D eigenvalue weighted by molar-refractivity contribution is -0.384. The molecule has 0 saturated carbocycles. The molecule has 0 spiro atoms. The maximum absolute atomic E-state index is 13.1. The number of nitro groups is 1. The van der Waals surface area contributed by atoms with Crippen LogP contribution < -0.4 is 0 Å². The topological polar surface area (TPSA) is 43.1 Å². The molecule has 1 unspecified atom stereocenters. The van der Waals surface area contributed by atoms with E-state index in [0.717, 1.165) is 6.07 Å². The summed E-state index contributed by atoms with van der Waals surface area (Å²) in [5.41, 5.74) is -2.70. The summed E-state index contributed by atoms with van der Waals surface area (Å²) in [5, 5.41) is 10.5. The van der Waals surface area contributed by atoms with E-state index in [0.29, 0.717) is 5.56 Å². The van der Waals surface area contributed by atoms with Crippen molar-refractivity contribution in [3.05, 3.63) is 39.4 Å². The van der Waals surface area contributed by atoms with E-state index in [-0.39, 0.29) is 11.3 Å². The SMILES string of the molecule is Cc1ccc([N+](=O)[O-])cc1CC(F)(F)C(F)Cl. The Morgan fingerprint density at radius 3 is 2.59 bits per heavy atom. The number of nitro benzene ring substituents is 1. The zero-order valence-corrected chi connectivity index (χ0v) is 9.55. The van der Waals surface area contributed by atoms with Crippen LogP contribution in [0.25, 0.3) is 0 Å². The van der Waals surface area contributed by atoms with E-state index < -0.39 is 22.9 Å². The van der Waals surface area contributed by atoms with Gasteiger partial charge in [0.15, 0.2) is 0 Å². The summed E-state index contributed by atoms with van der Waals surface area (Å²) in [5.74, 6) is -3.75. The van der Waals surface area contributed by atoms with Gasteiger partial charge in [0.2, 0.25) is 5.63 Å². The fraction of sp³-hybridized carbons (Fsp3) is 0.400. The Labute approximate surface area is 100 Å². The second-order valence-electron chi connectivity index (χ2n) is 3.61. The summed E-state index contributed by atoms with van der Waals surface area (Å²) < 4.78 is 38.6. The summed E-state index contributed by atoms with van der Waals surface area (Å²) in [6, 6.07) is 3.54. The molecule has 1 rings (SSSR count). The Bertz CT molecular complexity index is 438. The molecule has 0 radical (unpaired) electrons. The fourth-order valence-corrected chi connectivity index (χ4v) is 1.37. The first kappa shape index (κ1) is 13.8. The molecule has 94 valence electrons. The van der Waals surface area contributed by atoms with Crippen LogP contribution in [0.15, 0.2) is 18.2 Å². The van der Waals surface area contributed by atoms with Crippen LogP contribution in [0.5, 0.6) is 0 Å². The smallest absolute Gasteiger partial charge is 0.258 e. The van der Waals surface area contributed by atoms with Crippen molar-refractivity contribution in [1.29, 1.82) is 0 Å². The molecule has 0 heterocycles. The summed E-state index contributed by atoms with van der Waals surface area (Å²) in [4.78, 5) is 9.78. The van der Waals surface area contributed by atoms with Crippen LogP contribution in [-0.2, 0) is 6.42 Å². The highest BCUT2D eigenvalue weighted by Crippen LogP contribution is 2.31. The molecule has 0 N–H and O–H groups in total. The minimum absolute atomic E-state index is 0.00694. The Morgan fingerprint density at radius 2 is 2.12 bits per heavy atom. The summed E-state index contributed by atoms with van der Waals surface area (Å²) in [6.07, 6.45) is -0.967. The number of nitrogens with zero attached hydrogens (tertiary/aromatic N) is 1. The molecule has 0 bridgehead atoms. The predicted molar refractivity (Wildman–Crippen MR) is 57.2 cm³/mol. The number of halogens is 4. The number of rotatable bonds is 4. The molecule has 7 heteroatoms. The first-order valence-corrected chi connectivity index (χ1v) is 5.07. The van der Waals surface area contributed by atoms with Crippen molar-refractivity contribution in [1.82, 2.24) is 0 Å². The molecule has 0 aliphatic heterocycles. The van der Waals surface area contributed by atoms with Gasteiger partial charge in [-0.3, -0.25) is 10.1 Å². The van der Waals surface area contributed by atoms with Crippen molar-refractivity contribution in [2.24, 2.45) is 0 Å². The molecule has 0 saturated heterocycles. The second kappa shape index (κ2) is 4.91. The largest absolute Gasteiger partial charge is 0.296 e. The highest BCUT2D eigenvalue weighted by molar-refractivity contribution is 6.20. The lowest BCUT2D eigenvalue weighted by Crippen LogP contribution is -2.28. The Balaban J connectivity index is 3.06. The molecule has 0 aliphatic rings. The zero-order valence-electron chi connectivity index (χ0n) is 8.79. The van der Waals surface area contributed by atoms with Crippen LogP contribution >= 0.6 is 11.6 Å². The van der Waals surface area contributed by atoms with E-state index in [2.05, 4.69) is 0 Å². The third-order valence-corrected chi connectivity index (χ3v) is 2.61. The van der Waals surface area contributed by atoms with Crippen LogP contribution in [0.1, 0.15) is 11.1 Å². The lowest BCUT2D eigenvalue weighted by Gasteiger charge is -2.17. The van der Waals surface area contributed by atoms with Gasteiger partial charge in [-0.05, 0) is 18.1 Å². The first-order valence-electron chi connectivity index (χ1n) is 4.64. The van der Waals surface area contributed by atoms with E-state index >= 15 is 0 Å². The van der Waals surface area contributed by atoms with Crippen LogP contribution in [0.4, 0.5) is 18.9 Å². The average molecular weight is 268 g/mol. The van der Waals surface area contributed by atoms with Crippen LogP contribution in [0.2, 0.25) is 0 Å². The van der Waals surface area contributed by atoms with E-state index in [1.54, 1.807) is 0 Å². The minimum atomic E-state index is -3.75. The van der Waals surface area contributed by atoms with Crippen LogP contribution in [-0.4, -0.2) is 16.5 Å². The quantitative estimate of drug-likeness (QED) is 0.475. The van der Waals surface area contributed by atoms with E-state index in [1.165, 1.54) is 19.1 Å². The average Bonchev–Trinajstić information content (AvgIpc) is 2.20. The van der Waals surface area contributed by atoms with Gasteiger partial charge in [-0.15, -0.1) is 0 Å². The number of hydrogen-bond acceptors (Lipinski definition) is 2. The van der Waals surface area contributed by atoms with Crippen molar-refractivity contribution in [2.45, 2.75) is 24.9 Å². The van der Waals surface area contributed by atoms with E-state index in [4.69, 9.17) is 11.6 Å². The van der Waals surface area contributed by atoms with Gasteiger partial charge in [0.05, 0.1) is 4.92 Å². The normalized spacial score (nSPS) is 13.5. The third-order valence-electron chi connectivity index (χ3n) is 2.29. The monoisotopic (exact) mass is 267 g/mol. The molecular formula is C10H9ClF3NO2. The highest BCUT2D eigenvalue weighted by atomic mass is 35.5. The van der Waals surface area contributed by atoms with Crippen molar-refractivity contribution < 1.29 is 18.1 Å². The third kappa shape index (κ3) is 3.33. The molecule has 17 heavy (non-hydrogen) atoms. The Hall–Kier alpha value is -1.30. The van der Waals surface area contributed by atoms with Crippen LogP contribution in [0, 0.1) is 17.0 Å². The number of non-ortho nitro benzene ring substituents is 1. The van der Waals surface area contributed by atoms with Gasteiger partial charge in [0.25, 0.3) is 11.6 Å². The standard InChI is InChI=1S/C10H9ClF3NO2/c1-6-2-3-8(15(16)17)4-7(6)5-10(13,14)9(11)12/h2-4,9H,5H2,1H3. The number of benzene rings is 1. The number of hydrogen-bond donors (Lipinski definition) is 0. The van der Waals surface area contributed by atoms with Crippen molar-refractivity contribution in [3.8, 4) is 0 Å². The van der Waals surface area contributed by atoms with Gasteiger partial charge in [0, 0.05) is 18.6 Å².